The van der Waals surface area contributed by atoms with Gasteiger partial charge in [-0.05, 0) is 58.1 Å². The van der Waals surface area contributed by atoms with Crippen LogP contribution in [0, 0.1) is 19.8 Å². The molecule has 1 aromatic rings. The van der Waals surface area contributed by atoms with E-state index in [9.17, 15) is 0 Å². The summed E-state index contributed by atoms with van der Waals surface area (Å²) in [6, 6.07) is 2.60. The van der Waals surface area contributed by atoms with Crippen molar-refractivity contribution in [2.24, 2.45) is 11.7 Å². The molecular formula is C15H25N3. The summed E-state index contributed by atoms with van der Waals surface area (Å²) >= 11 is 0. The Hall–Kier alpha value is -1.09. The van der Waals surface area contributed by atoms with Gasteiger partial charge in [0, 0.05) is 30.4 Å². The quantitative estimate of drug-likeness (QED) is 0.870. The fraction of sp³-hybridized carbons (Fsp3) is 0.667. The summed E-state index contributed by atoms with van der Waals surface area (Å²) in [7, 11) is 0. The Morgan fingerprint density at radius 2 is 2.06 bits per heavy atom. The molecule has 0 amide bonds. The van der Waals surface area contributed by atoms with Crippen LogP contribution in [0.3, 0.4) is 0 Å². The van der Waals surface area contributed by atoms with E-state index >= 15 is 0 Å². The molecule has 0 spiro atoms. The van der Waals surface area contributed by atoms with Crippen LogP contribution in [-0.4, -0.2) is 17.6 Å². The van der Waals surface area contributed by atoms with Crippen molar-refractivity contribution in [1.29, 1.82) is 0 Å². The predicted octanol–water partition coefficient (Wildman–Crippen LogP) is 2.78. The van der Waals surface area contributed by atoms with E-state index in [1.807, 2.05) is 0 Å². The van der Waals surface area contributed by atoms with Gasteiger partial charge in [0.25, 0.3) is 0 Å². The molecule has 1 saturated carbocycles. The average molecular weight is 247 g/mol. The van der Waals surface area contributed by atoms with Gasteiger partial charge in [-0.2, -0.15) is 0 Å². The van der Waals surface area contributed by atoms with E-state index in [4.69, 9.17) is 10.7 Å². The summed E-state index contributed by atoms with van der Waals surface area (Å²) in [6.45, 7) is 10.4. The van der Waals surface area contributed by atoms with Crippen LogP contribution in [0.15, 0.2) is 6.07 Å². The monoisotopic (exact) mass is 247 g/mol. The lowest BCUT2D eigenvalue weighted by Gasteiger charge is -2.30. The lowest BCUT2D eigenvalue weighted by molar-refractivity contribution is 0.631. The number of nitrogens with two attached hydrogens (primary N) is 1. The molecule has 2 N–H and O–H groups in total. The second kappa shape index (κ2) is 5.27. The number of hydrogen-bond acceptors (Lipinski definition) is 3. The first-order chi connectivity index (χ1) is 8.52. The first-order valence-electron chi connectivity index (χ1n) is 6.96. The highest BCUT2D eigenvalue weighted by Gasteiger charge is 2.27. The minimum Gasteiger partial charge on any atom is -0.354 e. The van der Waals surface area contributed by atoms with Gasteiger partial charge in [-0.15, -0.1) is 0 Å². The number of pyridine rings is 1. The van der Waals surface area contributed by atoms with Gasteiger partial charge < -0.3 is 10.6 Å². The van der Waals surface area contributed by atoms with Crippen molar-refractivity contribution in [1.82, 2.24) is 4.98 Å². The molecule has 3 heteroatoms. The van der Waals surface area contributed by atoms with Crippen molar-refractivity contribution in [2.75, 3.05) is 11.4 Å². The Balaban J connectivity index is 2.37. The molecular weight excluding hydrogens is 222 g/mol. The molecule has 0 aromatic carbocycles. The van der Waals surface area contributed by atoms with Gasteiger partial charge in [0.1, 0.15) is 5.82 Å². The molecule has 0 saturated heterocycles. The maximum atomic E-state index is 5.92. The number of aromatic nitrogens is 1. The minimum absolute atomic E-state index is 0.476. The van der Waals surface area contributed by atoms with E-state index in [1.165, 1.54) is 24.0 Å². The molecule has 100 valence electrons. The highest BCUT2D eigenvalue weighted by Crippen LogP contribution is 2.33. The fourth-order valence-corrected chi connectivity index (χ4v) is 2.45. The standard InChI is InChI=1S/C15H25N3/c1-10(2)18(9-13-5-6-13)15-14(8-16)11(3)7-12(4)17-15/h7,10,13H,5-6,8-9,16H2,1-4H3. The van der Waals surface area contributed by atoms with Gasteiger partial charge in [0.2, 0.25) is 0 Å². The highest BCUT2D eigenvalue weighted by atomic mass is 15.2. The number of anilines is 1. The highest BCUT2D eigenvalue weighted by molar-refractivity contribution is 5.52. The second-order valence-electron chi connectivity index (χ2n) is 5.78. The zero-order valence-electron chi connectivity index (χ0n) is 12.0. The van der Waals surface area contributed by atoms with Crippen molar-refractivity contribution in [3.63, 3.8) is 0 Å². The van der Waals surface area contributed by atoms with Gasteiger partial charge in [-0.25, -0.2) is 4.98 Å². The molecule has 3 nitrogen and oxygen atoms in total. The third-order valence-electron chi connectivity index (χ3n) is 3.70. The summed E-state index contributed by atoms with van der Waals surface area (Å²) < 4.78 is 0. The number of aryl methyl sites for hydroxylation is 2. The molecule has 0 atom stereocenters. The summed E-state index contributed by atoms with van der Waals surface area (Å²) in [5.74, 6) is 1.97. The van der Waals surface area contributed by atoms with Crippen LogP contribution < -0.4 is 10.6 Å². The third kappa shape index (κ3) is 2.83. The maximum Gasteiger partial charge on any atom is 0.133 e. The molecule has 1 heterocycles. The lowest BCUT2D eigenvalue weighted by atomic mass is 10.1. The summed E-state index contributed by atoms with van der Waals surface area (Å²) in [4.78, 5) is 7.18. The Bertz CT molecular complexity index is 422. The molecule has 1 aliphatic carbocycles. The first-order valence-corrected chi connectivity index (χ1v) is 6.96. The van der Waals surface area contributed by atoms with Crippen molar-refractivity contribution >= 4 is 5.82 Å². The number of rotatable bonds is 5. The number of hydrogen-bond donors (Lipinski definition) is 1. The third-order valence-corrected chi connectivity index (χ3v) is 3.70. The Morgan fingerprint density at radius 1 is 1.39 bits per heavy atom. The van der Waals surface area contributed by atoms with Crippen LogP contribution >= 0.6 is 0 Å². The van der Waals surface area contributed by atoms with Crippen LogP contribution in [-0.2, 0) is 6.54 Å². The second-order valence-corrected chi connectivity index (χ2v) is 5.78. The van der Waals surface area contributed by atoms with Gasteiger partial charge >= 0.3 is 0 Å². The molecule has 0 aliphatic heterocycles. The topological polar surface area (TPSA) is 42.1 Å². The Kier molecular flexibility index (Phi) is 3.91. The molecule has 1 fully saturated rings. The molecule has 0 radical (unpaired) electrons. The smallest absolute Gasteiger partial charge is 0.133 e. The van der Waals surface area contributed by atoms with Gasteiger partial charge in [-0.1, -0.05) is 0 Å². The van der Waals surface area contributed by atoms with Crippen LogP contribution in [0.2, 0.25) is 0 Å². The molecule has 1 aromatic heterocycles. The van der Waals surface area contributed by atoms with Crippen molar-refractivity contribution < 1.29 is 0 Å². The predicted molar refractivity (Wildman–Crippen MR) is 76.8 cm³/mol. The van der Waals surface area contributed by atoms with E-state index in [-0.39, 0.29) is 0 Å². The molecule has 0 bridgehead atoms. The zero-order valence-corrected chi connectivity index (χ0v) is 12.0. The van der Waals surface area contributed by atoms with Gasteiger partial charge in [0.15, 0.2) is 0 Å². The van der Waals surface area contributed by atoms with Crippen molar-refractivity contribution in [3.05, 3.63) is 22.9 Å². The Morgan fingerprint density at radius 3 is 2.56 bits per heavy atom. The fourth-order valence-electron chi connectivity index (χ4n) is 2.45. The molecule has 0 unspecified atom stereocenters. The minimum atomic E-state index is 0.476. The van der Waals surface area contributed by atoms with Crippen molar-refractivity contribution in [2.45, 2.75) is 53.1 Å². The molecule has 2 rings (SSSR count). The largest absolute Gasteiger partial charge is 0.354 e. The SMILES string of the molecule is Cc1cc(C)c(CN)c(N(CC2CC2)C(C)C)n1. The van der Waals surface area contributed by atoms with E-state index < -0.39 is 0 Å². The van der Waals surface area contributed by atoms with E-state index in [0.717, 1.165) is 24.0 Å². The van der Waals surface area contributed by atoms with E-state index in [1.54, 1.807) is 0 Å². The van der Waals surface area contributed by atoms with E-state index in [0.29, 0.717) is 12.6 Å². The van der Waals surface area contributed by atoms with Crippen molar-refractivity contribution in [3.8, 4) is 0 Å². The number of nitrogens with zero attached hydrogens (tertiary/aromatic N) is 2. The van der Waals surface area contributed by atoms with Gasteiger partial charge in [0.05, 0.1) is 0 Å². The molecule has 1 aliphatic rings. The van der Waals surface area contributed by atoms with Crippen LogP contribution in [0.5, 0.6) is 0 Å². The summed E-state index contributed by atoms with van der Waals surface area (Å²) in [6.07, 6.45) is 2.73. The van der Waals surface area contributed by atoms with Gasteiger partial charge in [-0.3, -0.25) is 0 Å². The first kappa shape index (κ1) is 13.3. The molecule has 18 heavy (non-hydrogen) atoms. The van der Waals surface area contributed by atoms with Crippen LogP contribution in [0.1, 0.15) is 43.5 Å². The Labute approximate surface area is 110 Å². The van der Waals surface area contributed by atoms with Crippen LogP contribution in [0.4, 0.5) is 5.82 Å². The maximum absolute atomic E-state index is 5.92. The van der Waals surface area contributed by atoms with Crippen LogP contribution in [0.25, 0.3) is 0 Å². The normalized spacial score (nSPS) is 15.2. The summed E-state index contributed by atoms with van der Waals surface area (Å²) in [5, 5.41) is 0. The summed E-state index contributed by atoms with van der Waals surface area (Å²) in [5.41, 5.74) is 9.47. The zero-order chi connectivity index (χ0) is 13.3. The lowest BCUT2D eigenvalue weighted by Crippen LogP contribution is -2.35. The average Bonchev–Trinajstić information content (AvgIpc) is 3.08. The van der Waals surface area contributed by atoms with E-state index in [2.05, 4.69) is 38.7 Å².